The van der Waals surface area contributed by atoms with Gasteiger partial charge < -0.3 is 20.3 Å². The fraction of sp³-hybridized carbons (Fsp3) is 0.667. The SMILES string of the molecule is CN(C)c1ccc(C(CNC(=O)NC2CCCCC2)N2CCOCC2)cc1. The van der Waals surface area contributed by atoms with Gasteiger partial charge in [0.05, 0.1) is 19.3 Å². The highest BCUT2D eigenvalue weighted by molar-refractivity contribution is 5.74. The van der Waals surface area contributed by atoms with E-state index in [2.05, 4.69) is 44.7 Å². The molecule has 0 spiro atoms. The average molecular weight is 375 g/mol. The molecule has 1 aromatic rings. The maximum atomic E-state index is 12.4. The van der Waals surface area contributed by atoms with Gasteiger partial charge in [0.25, 0.3) is 0 Å². The molecule has 0 bridgehead atoms. The molecular weight excluding hydrogens is 340 g/mol. The van der Waals surface area contributed by atoms with E-state index in [1.165, 1.54) is 30.5 Å². The molecule has 0 radical (unpaired) electrons. The minimum Gasteiger partial charge on any atom is -0.379 e. The largest absolute Gasteiger partial charge is 0.379 e. The van der Waals surface area contributed by atoms with E-state index in [1.807, 2.05) is 14.1 Å². The molecule has 1 saturated heterocycles. The third-order valence-electron chi connectivity index (χ3n) is 5.68. The van der Waals surface area contributed by atoms with Crippen molar-refractivity contribution in [2.75, 3.05) is 51.8 Å². The van der Waals surface area contributed by atoms with Gasteiger partial charge in [-0.05, 0) is 30.5 Å². The Labute approximate surface area is 163 Å². The van der Waals surface area contributed by atoms with Crippen LogP contribution < -0.4 is 15.5 Å². The fourth-order valence-corrected chi connectivity index (χ4v) is 4.01. The third-order valence-corrected chi connectivity index (χ3v) is 5.68. The highest BCUT2D eigenvalue weighted by Crippen LogP contribution is 2.24. The van der Waals surface area contributed by atoms with Crippen molar-refractivity contribution in [3.63, 3.8) is 0 Å². The molecule has 1 aromatic carbocycles. The Kier molecular flexibility index (Phi) is 7.35. The van der Waals surface area contributed by atoms with Crippen molar-refractivity contribution in [1.29, 1.82) is 0 Å². The number of nitrogens with zero attached hydrogens (tertiary/aromatic N) is 2. The second kappa shape index (κ2) is 9.95. The summed E-state index contributed by atoms with van der Waals surface area (Å²) in [6.45, 7) is 3.90. The lowest BCUT2D eigenvalue weighted by molar-refractivity contribution is 0.0167. The van der Waals surface area contributed by atoms with Crippen molar-refractivity contribution in [3.8, 4) is 0 Å². The summed E-state index contributed by atoms with van der Waals surface area (Å²) in [5.41, 5.74) is 2.42. The standard InChI is InChI=1S/C21H34N4O2/c1-24(2)19-10-8-17(9-11-19)20(25-12-14-27-15-13-25)16-22-21(26)23-18-6-4-3-5-7-18/h8-11,18,20H,3-7,12-16H2,1-2H3,(H2,22,23,26). The molecule has 27 heavy (non-hydrogen) atoms. The van der Waals surface area contributed by atoms with Gasteiger partial charge >= 0.3 is 6.03 Å². The van der Waals surface area contributed by atoms with Crippen LogP contribution in [0.2, 0.25) is 0 Å². The number of hydrogen-bond donors (Lipinski definition) is 2. The van der Waals surface area contributed by atoms with Gasteiger partial charge in [-0.15, -0.1) is 0 Å². The lowest BCUT2D eigenvalue weighted by Gasteiger charge is -2.35. The van der Waals surface area contributed by atoms with Crippen LogP contribution >= 0.6 is 0 Å². The molecule has 6 heteroatoms. The van der Waals surface area contributed by atoms with Gasteiger partial charge in [0.15, 0.2) is 0 Å². The maximum absolute atomic E-state index is 12.4. The molecule has 150 valence electrons. The molecule has 1 heterocycles. The Balaban J connectivity index is 1.61. The summed E-state index contributed by atoms with van der Waals surface area (Å²) in [4.78, 5) is 16.9. The molecule has 0 aromatic heterocycles. The summed E-state index contributed by atoms with van der Waals surface area (Å²) in [5, 5.41) is 6.27. The number of ether oxygens (including phenoxy) is 1. The van der Waals surface area contributed by atoms with Crippen LogP contribution in [0.5, 0.6) is 0 Å². The predicted octanol–water partition coefficient (Wildman–Crippen LogP) is 2.76. The van der Waals surface area contributed by atoms with E-state index in [1.54, 1.807) is 0 Å². The van der Waals surface area contributed by atoms with Gasteiger partial charge in [0, 0.05) is 45.5 Å². The zero-order chi connectivity index (χ0) is 19.1. The first kappa shape index (κ1) is 20.0. The molecular formula is C21H34N4O2. The van der Waals surface area contributed by atoms with Gasteiger partial charge in [-0.25, -0.2) is 4.79 Å². The van der Waals surface area contributed by atoms with Crippen LogP contribution in [0.4, 0.5) is 10.5 Å². The van der Waals surface area contributed by atoms with Crippen molar-refractivity contribution in [2.45, 2.75) is 44.2 Å². The number of carbonyl (C=O) groups excluding carboxylic acids is 1. The topological polar surface area (TPSA) is 56.8 Å². The van der Waals surface area contributed by atoms with Crippen LogP contribution in [0.3, 0.4) is 0 Å². The Morgan fingerprint density at radius 2 is 1.81 bits per heavy atom. The summed E-state index contributed by atoms with van der Waals surface area (Å²) in [5.74, 6) is 0. The average Bonchev–Trinajstić information content (AvgIpc) is 2.70. The zero-order valence-corrected chi connectivity index (χ0v) is 16.7. The summed E-state index contributed by atoms with van der Waals surface area (Å²) in [6.07, 6.45) is 5.94. The lowest BCUT2D eigenvalue weighted by atomic mass is 9.96. The number of nitrogens with one attached hydrogen (secondary N) is 2. The molecule has 6 nitrogen and oxygen atoms in total. The van der Waals surface area contributed by atoms with Crippen LogP contribution in [-0.2, 0) is 4.74 Å². The highest BCUT2D eigenvalue weighted by Gasteiger charge is 2.24. The number of rotatable bonds is 6. The molecule has 3 rings (SSSR count). The number of hydrogen-bond acceptors (Lipinski definition) is 4. The molecule has 1 aliphatic carbocycles. The summed E-state index contributed by atoms with van der Waals surface area (Å²) in [7, 11) is 4.09. The Bertz CT molecular complexity index is 578. The Morgan fingerprint density at radius 1 is 1.15 bits per heavy atom. The number of morpholine rings is 1. The molecule has 1 saturated carbocycles. The van der Waals surface area contributed by atoms with E-state index in [-0.39, 0.29) is 12.1 Å². The monoisotopic (exact) mass is 374 g/mol. The van der Waals surface area contributed by atoms with Crippen LogP contribution in [0.1, 0.15) is 43.7 Å². The first-order valence-corrected chi connectivity index (χ1v) is 10.3. The third kappa shape index (κ3) is 5.84. The number of anilines is 1. The van der Waals surface area contributed by atoms with Gasteiger partial charge in [-0.2, -0.15) is 0 Å². The van der Waals surface area contributed by atoms with Crippen molar-refractivity contribution in [2.24, 2.45) is 0 Å². The molecule has 1 aliphatic heterocycles. The maximum Gasteiger partial charge on any atom is 0.315 e. The number of benzene rings is 1. The van der Waals surface area contributed by atoms with E-state index in [0.717, 1.165) is 39.1 Å². The number of carbonyl (C=O) groups is 1. The van der Waals surface area contributed by atoms with E-state index < -0.39 is 0 Å². The second-order valence-electron chi connectivity index (χ2n) is 7.84. The van der Waals surface area contributed by atoms with E-state index in [0.29, 0.717) is 12.6 Å². The first-order chi connectivity index (χ1) is 13.1. The van der Waals surface area contributed by atoms with Crippen molar-refractivity contribution >= 4 is 11.7 Å². The van der Waals surface area contributed by atoms with Gasteiger partial charge in [-0.1, -0.05) is 31.4 Å². The minimum atomic E-state index is -0.0370. The van der Waals surface area contributed by atoms with Gasteiger partial charge in [0.2, 0.25) is 0 Å². The normalized spacial score (nSPS) is 20.1. The summed E-state index contributed by atoms with van der Waals surface area (Å²) < 4.78 is 5.51. The van der Waals surface area contributed by atoms with Crippen LogP contribution in [-0.4, -0.2) is 63.9 Å². The van der Waals surface area contributed by atoms with Crippen LogP contribution in [0.25, 0.3) is 0 Å². The van der Waals surface area contributed by atoms with E-state index in [9.17, 15) is 4.79 Å². The number of urea groups is 1. The predicted molar refractivity (Wildman–Crippen MR) is 109 cm³/mol. The van der Waals surface area contributed by atoms with E-state index in [4.69, 9.17) is 4.74 Å². The molecule has 1 unspecified atom stereocenters. The molecule has 2 fully saturated rings. The number of amides is 2. The molecule has 1 atom stereocenters. The minimum absolute atomic E-state index is 0.0370. The highest BCUT2D eigenvalue weighted by atomic mass is 16.5. The zero-order valence-electron chi connectivity index (χ0n) is 16.7. The molecule has 2 N–H and O–H groups in total. The lowest BCUT2D eigenvalue weighted by Crippen LogP contribution is -2.47. The van der Waals surface area contributed by atoms with Crippen molar-refractivity contribution in [3.05, 3.63) is 29.8 Å². The Morgan fingerprint density at radius 3 is 2.44 bits per heavy atom. The van der Waals surface area contributed by atoms with Crippen molar-refractivity contribution < 1.29 is 9.53 Å². The summed E-state index contributed by atoms with van der Waals surface area (Å²) in [6, 6.07) is 9.11. The Hall–Kier alpha value is -1.79. The van der Waals surface area contributed by atoms with E-state index >= 15 is 0 Å². The summed E-state index contributed by atoms with van der Waals surface area (Å²) >= 11 is 0. The smallest absolute Gasteiger partial charge is 0.315 e. The van der Waals surface area contributed by atoms with Gasteiger partial charge in [-0.3, -0.25) is 4.90 Å². The van der Waals surface area contributed by atoms with Crippen LogP contribution in [0, 0.1) is 0 Å². The van der Waals surface area contributed by atoms with Crippen molar-refractivity contribution in [1.82, 2.24) is 15.5 Å². The van der Waals surface area contributed by atoms with Crippen LogP contribution in [0.15, 0.2) is 24.3 Å². The quantitative estimate of drug-likeness (QED) is 0.804. The fourth-order valence-electron chi connectivity index (χ4n) is 4.01. The molecule has 2 aliphatic rings. The molecule has 2 amide bonds. The second-order valence-corrected chi connectivity index (χ2v) is 7.84. The first-order valence-electron chi connectivity index (χ1n) is 10.3. The van der Waals surface area contributed by atoms with Gasteiger partial charge in [0.1, 0.15) is 0 Å².